The molecule has 3 aromatic rings. The minimum Gasteiger partial charge on any atom is -0.315 e. The number of carbonyl (C=O) groups is 1. The van der Waals surface area contributed by atoms with E-state index in [1.54, 1.807) is 11.3 Å². The van der Waals surface area contributed by atoms with Gasteiger partial charge in [-0.05, 0) is 43.9 Å². The topological polar surface area (TPSA) is 45.2 Å². The summed E-state index contributed by atoms with van der Waals surface area (Å²) < 4.78 is 0. The molecule has 0 saturated carbocycles. The van der Waals surface area contributed by atoms with Crippen molar-refractivity contribution in [2.24, 2.45) is 0 Å². The van der Waals surface area contributed by atoms with E-state index in [0.717, 1.165) is 40.5 Å². The van der Waals surface area contributed by atoms with E-state index < -0.39 is 0 Å². The van der Waals surface area contributed by atoms with Crippen LogP contribution < -0.4 is 5.32 Å². The van der Waals surface area contributed by atoms with E-state index in [-0.39, 0.29) is 12.1 Å². The number of likely N-dealkylation sites (tertiary alicyclic amines) is 1. The van der Waals surface area contributed by atoms with Crippen molar-refractivity contribution < 1.29 is 4.79 Å². The smallest absolute Gasteiger partial charge is 0.315 e. The second-order valence-corrected chi connectivity index (χ2v) is 8.09. The lowest BCUT2D eigenvalue weighted by molar-refractivity contribution is 0.207. The summed E-state index contributed by atoms with van der Waals surface area (Å²) in [6, 6.07) is 16.4. The fraction of sp³-hybridized carbons (Fsp3) is 0.273. The second kappa shape index (κ2) is 7.53. The third kappa shape index (κ3) is 3.74. The molecule has 4 rings (SSSR count). The van der Waals surface area contributed by atoms with Crippen molar-refractivity contribution in [1.82, 2.24) is 9.88 Å². The molecule has 0 bridgehead atoms. The van der Waals surface area contributed by atoms with Crippen LogP contribution in [0.4, 0.5) is 10.5 Å². The van der Waals surface area contributed by atoms with Crippen molar-refractivity contribution in [2.75, 3.05) is 11.9 Å². The van der Waals surface area contributed by atoms with Gasteiger partial charge in [-0.1, -0.05) is 48.0 Å². The highest BCUT2D eigenvalue weighted by atomic mass is 32.1. The number of anilines is 1. The molecule has 138 valence electrons. The van der Waals surface area contributed by atoms with Gasteiger partial charge < -0.3 is 10.2 Å². The Labute approximate surface area is 163 Å². The van der Waals surface area contributed by atoms with Crippen molar-refractivity contribution in [2.45, 2.75) is 32.7 Å². The molecule has 1 aliphatic heterocycles. The molecule has 1 atom stereocenters. The zero-order valence-corrected chi connectivity index (χ0v) is 16.4. The van der Waals surface area contributed by atoms with Crippen LogP contribution in [0, 0.1) is 13.8 Å². The Morgan fingerprint density at radius 3 is 2.78 bits per heavy atom. The molecule has 27 heavy (non-hydrogen) atoms. The van der Waals surface area contributed by atoms with Gasteiger partial charge in [0.1, 0.15) is 5.01 Å². The van der Waals surface area contributed by atoms with Crippen LogP contribution in [0.2, 0.25) is 0 Å². The Balaban J connectivity index is 1.52. The first-order valence-electron chi connectivity index (χ1n) is 9.28. The summed E-state index contributed by atoms with van der Waals surface area (Å²) in [6.07, 6.45) is 3.89. The maximum absolute atomic E-state index is 12.9. The van der Waals surface area contributed by atoms with Crippen molar-refractivity contribution in [3.8, 4) is 10.4 Å². The molecule has 2 amide bonds. The number of thiazole rings is 1. The maximum Gasteiger partial charge on any atom is 0.322 e. The number of nitrogens with one attached hydrogen (secondary N) is 1. The van der Waals surface area contributed by atoms with E-state index in [2.05, 4.69) is 35.4 Å². The molecule has 0 spiro atoms. The van der Waals surface area contributed by atoms with Gasteiger partial charge in [0, 0.05) is 18.4 Å². The summed E-state index contributed by atoms with van der Waals surface area (Å²) in [4.78, 5) is 20.6. The van der Waals surface area contributed by atoms with E-state index in [0.29, 0.717) is 0 Å². The van der Waals surface area contributed by atoms with Crippen LogP contribution in [0.25, 0.3) is 10.4 Å². The Morgan fingerprint density at radius 2 is 2.00 bits per heavy atom. The number of aryl methyl sites for hydroxylation is 2. The first kappa shape index (κ1) is 17.7. The number of rotatable bonds is 3. The molecule has 1 unspecified atom stereocenters. The highest BCUT2D eigenvalue weighted by molar-refractivity contribution is 7.15. The average molecular weight is 378 g/mol. The molecule has 0 radical (unpaired) electrons. The minimum absolute atomic E-state index is 0.0408. The Kier molecular flexibility index (Phi) is 4.94. The average Bonchev–Trinajstić information content (AvgIpc) is 3.33. The van der Waals surface area contributed by atoms with Crippen LogP contribution in [0.1, 0.15) is 35.0 Å². The van der Waals surface area contributed by atoms with E-state index in [1.807, 2.05) is 48.4 Å². The molecule has 1 fully saturated rings. The van der Waals surface area contributed by atoms with E-state index in [1.165, 1.54) is 11.1 Å². The van der Waals surface area contributed by atoms with Crippen LogP contribution >= 0.6 is 11.3 Å². The highest BCUT2D eigenvalue weighted by Gasteiger charge is 2.32. The molecule has 1 saturated heterocycles. The third-order valence-corrected chi connectivity index (χ3v) is 6.15. The van der Waals surface area contributed by atoms with E-state index in [4.69, 9.17) is 0 Å². The number of nitrogens with zero attached hydrogens (tertiary/aromatic N) is 2. The Morgan fingerprint density at radius 1 is 1.19 bits per heavy atom. The van der Waals surface area contributed by atoms with Crippen LogP contribution in [-0.2, 0) is 0 Å². The SMILES string of the molecule is Cc1ccc(NC(=O)N2CCCC2c2ncc(-c3ccccc3)s2)c(C)c1. The number of benzene rings is 2. The van der Waals surface area contributed by atoms with Crippen LogP contribution in [-0.4, -0.2) is 22.5 Å². The summed E-state index contributed by atoms with van der Waals surface area (Å²) in [5.74, 6) is 0. The normalized spacial score (nSPS) is 16.5. The molecule has 2 aromatic carbocycles. The summed E-state index contributed by atoms with van der Waals surface area (Å²) in [7, 11) is 0. The lowest BCUT2D eigenvalue weighted by atomic mass is 10.1. The van der Waals surface area contributed by atoms with Crippen molar-refractivity contribution in [1.29, 1.82) is 0 Å². The van der Waals surface area contributed by atoms with Crippen molar-refractivity contribution in [3.05, 3.63) is 70.9 Å². The van der Waals surface area contributed by atoms with Crippen LogP contribution in [0.5, 0.6) is 0 Å². The molecular weight excluding hydrogens is 354 g/mol. The molecule has 1 N–H and O–H groups in total. The highest BCUT2D eigenvalue weighted by Crippen LogP contribution is 2.37. The van der Waals surface area contributed by atoms with Crippen molar-refractivity contribution >= 4 is 23.1 Å². The number of amides is 2. The van der Waals surface area contributed by atoms with Gasteiger partial charge in [0.05, 0.1) is 10.9 Å². The largest absolute Gasteiger partial charge is 0.322 e. The van der Waals surface area contributed by atoms with Crippen molar-refractivity contribution in [3.63, 3.8) is 0 Å². The van der Waals surface area contributed by atoms with E-state index in [9.17, 15) is 4.79 Å². The number of carbonyl (C=O) groups excluding carboxylic acids is 1. The Bertz CT molecular complexity index is 951. The zero-order chi connectivity index (χ0) is 18.8. The number of hydrogen-bond donors (Lipinski definition) is 1. The fourth-order valence-electron chi connectivity index (χ4n) is 3.58. The third-order valence-electron chi connectivity index (χ3n) is 5.00. The molecule has 1 aliphatic rings. The number of aromatic nitrogens is 1. The predicted octanol–water partition coefficient (Wildman–Crippen LogP) is 5.80. The zero-order valence-electron chi connectivity index (χ0n) is 15.6. The van der Waals surface area contributed by atoms with Gasteiger partial charge in [-0.15, -0.1) is 11.3 Å². The maximum atomic E-state index is 12.9. The van der Waals surface area contributed by atoms with Crippen LogP contribution in [0.3, 0.4) is 0 Å². The first-order chi connectivity index (χ1) is 13.1. The number of urea groups is 1. The standard InChI is InChI=1S/C22H23N3OS/c1-15-10-11-18(16(2)13-15)24-22(26)25-12-6-9-19(25)21-23-14-20(27-21)17-7-4-3-5-8-17/h3-5,7-8,10-11,13-14,19H,6,9,12H2,1-2H3,(H,24,26). The molecule has 2 heterocycles. The first-order valence-corrected chi connectivity index (χ1v) is 10.1. The summed E-state index contributed by atoms with van der Waals surface area (Å²) in [6.45, 7) is 4.85. The quantitative estimate of drug-likeness (QED) is 0.627. The fourth-order valence-corrected chi connectivity index (χ4v) is 4.66. The minimum atomic E-state index is -0.0408. The molecule has 5 heteroatoms. The summed E-state index contributed by atoms with van der Waals surface area (Å²) in [5, 5.41) is 4.10. The lowest BCUT2D eigenvalue weighted by Crippen LogP contribution is -2.34. The second-order valence-electron chi connectivity index (χ2n) is 7.03. The van der Waals surface area contributed by atoms with Gasteiger partial charge in [0.2, 0.25) is 0 Å². The predicted molar refractivity (Wildman–Crippen MR) is 111 cm³/mol. The van der Waals surface area contributed by atoms with Gasteiger partial charge in [-0.25, -0.2) is 9.78 Å². The molecule has 1 aromatic heterocycles. The molecule has 0 aliphatic carbocycles. The van der Waals surface area contributed by atoms with Crippen LogP contribution in [0.15, 0.2) is 54.7 Å². The lowest BCUT2D eigenvalue weighted by Gasteiger charge is -2.24. The van der Waals surface area contributed by atoms with E-state index >= 15 is 0 Å². The van der Waals surface area contributed by atoms with Gasteiger partial charge >= 0.3 is 6.03 Å². The monoisotopic (exact) mass is 377 g/mol. The van der Waals surface area contributed by atoms with Gasteiger partial charge in [-0.2, -0.15) is 0 Å². The summed E-state index contributed by atoms with van der Waals surface area (Å²) in [5.41, 5.74) is 4.33. The molecular formula is C22H23N3OS. The Hall–Kier alpha value is -2.66. The summed E-state index contributed by atoms with van der Waals surface area (Å²) >= 11 is 1.68. The van der Waals surface area contributed by atoms with Gasteiger partial charge in [0.25, 0.3) is 0 Å². The van der Waals surface area contributed by atoms with Gasteiger partial charge in [0.15, 0.2) is 0 Å². The van der Waals surface area contributed by atoms with Gasteiger partial charge in [-0.3, -0.25) is 0 Å². The number of hydrogen-bond acceptors (Lipinski definition) is 3. The molecule has 4 nitrogen and oxygen atoms in total.